The highest BCUT2D eigenvalue weighted by Gasteiger charge is 2.35. The molecule has 1 atom stereocenters. The fourth-order valence-electron chi connectivity index (χ4n) is 3.27. The maximum Gasteiger partial charge on any atom is 0.338 e. The Balaban J connectivity index is 1.98. The Morgan fingerprint density at radius 1 is 1.31 bits per heavy atom. The van der Waals surface area contributed by atoms with Crippen LogP contribution in [0, 0.1) is 0 Å². The predicted molar refractivity (Wildman–Crippen MR) is 99.3 cm³/mol. The van der Waals surface area contributed by atoms with Crippen LogP contribution in [0.5, 0.6) is 5.75 Å². The number of quaternary nitrogens is 1. The minimum absolute atomic E-state index is 0.314. The molecule has 26 heavy (non-hydrogen) atoms. The standard InChI is InChI=1S/C18H23N3O4S/c1-24-13-5-3-4-12(10-13)16-15(17(22)25-2)14(19-18(23)20-16)11-21-6-8-26-9-7-21/h3-5,10,16H,6-9,11H2,1-2H3,(H2,19,20,23)/p+1/t16-/m1/s1. The number of methoxy groups -OCH3 is 2. The van der Waals surface area contributed by atoms with Crippen LogP contribution in [-0.2, 0) is 9.53 Å². The van der Waals surface area contributed by atoms with E-state index in [-0.39, 0.29) is 6.03 Å². The molecule has 0 bridgehead atoms. The monoisotopic (exact) mass is 378 g/mol. The van der Waals surface area contributed by atoms with Crippen LogP contribution in [0.4, 0.5) is 4.79 Å². The van der Waals surface area contributed by atoms with Crippen LogP contribution in [0.1, 0.15) is 11.6 Å². The van der Waals surface area contributed by atoms with Crippen LogP contribution in [0.15, 0.2) is 35.5 Å². The third-order valence-corrected chi connectivity index (χ3v) is 5.60. The summed E-state index contributed by atoms with van der Waals surface area (Å²) in [6, 6.07) is 6.46. The van der Waals surface area contributed by atoms with Crippen molar-refractivity contribution in [1.82, 2.24) is 10.6 Å². The molecule has 0 aromatic heterocycles. The normalized spacial score (nSPS) is 21.0. The molecule has 0 saturated carbocycles. The summed E-state index contributed by atoms with van der Waals surface area (Å²) in [4.78, 5) is 26.2. The zero-order valence-electron chi connectivity index (χ0n) is 15.0. The van der Waals surface area contributed by atoms with Gasteiger partial charge in [-0.3, -0.25) is 0 Å². The molecule has 1 fully saturated rings. The minimum atomic E-state index is -0.570. The highest BCUT2D eigenvalue weighted by atomic mass is 32.2. The Hall–Kier alpha value is -2.19. The Morgan fingerprint density at radius 3 is 2.77 bits per heavy atom. The van der Waals surface area contributed by atoms with E-state index in [2.05, 4.69) is 10.6 Å². The van der Waals surface area contributed by atoms with Gasteiger partial charge in [-0.05, 0) is 17.7 Å². The number of esters is 1. The van der Waals surface area contributed by atoms with Crippen LogP contribution in [0.2, 0.25) is 0 Å². The van der Waals surface area contributed by atoms with E-state index >= 15 is 0 Å². The molecule has 1 aromatic carbocycles. The second-order valence-corrected chi connectivity index (χ2v) is 7.46. The fourth-order valence-corrected chi connectivity index (χ4v) is 4.34. The first kappa shape index (κ1) is 18.6. The third-order valence-electron chi connectivity index (χ3n) is 4.61. The number of benzene rings is 1. The summed E-state index contributed by atoms with van der Waals surface area (Å²) in [6.07, 6.45) is 0. The molecule has 0 aliphatic carbocycles. The molecule has 0 spiro atoms. The van der Waals surface area contributed by atoms with Gasteiger partial charge in [-0.25, -0.2) is 9.59 Å². The van der Waals surface area contributed by atoms with Crippen molar-refractivity contribution in [2.45, 2.75) is 6.04 Å². The van der Waals surface area contributed by atoms with Crippen molar-refractivity contribution in [2.75, 3.05) is 45.4 Å². The zero-order valence-corrected chi connectivity index (χ0v) is 15.8. The van der Waals surface area contributed by atoms with Gasteiger partial charge in [0.1, 0.15) is 12.3 Å². The highest BCUT2D eigenvalue weighted by molar-refractivity contribution is 7.99. The van der Waals surface area contributed by atoms with Gasteiger partial charge in [-0.2, -0.15) is 11.8 Å². The van der Waals surface area contributed by atoms with Gasteiger partial charge in [0.15, 0.2) is 0 Å². The minimum Gasteiger partial charge on any atom is -0.497 e. The quantitative estimate of drug-likeness (QED) is 0.634. The van der Waals surface area contributed by atoms with E-state index < -0.39 is 12.0 Å². The van der Waals surface area contributed by atoms with E-state index in [1.807, 2.05) is 36.0 Å². The number of hydrogen-bond acceptors (Lipinski definition) is 5. The molecule has 140 valence electrons. The predicted octanol–water partition coefficient (Wildman–Crippen LogP) is 0.108. The molecule has 1 aromatic rings. The van der Waals surface area contributed by atoms with Crippen molar-refractivity contribution in [3.63, 3.8) is 0 Å². The molecular formula is C18H24N3O4S+. The van der Waals surface area contributed by atoms with Gasteiger partial charge in [-0.15, -0.1) is 0 Å². The molecule has 0 radical (unpaired) electrons. The van der Waals surface area contributed by atoms with Crippen molar-refractivity contribution in [3.8, 4) is 5.75 Å². The number of nitrogens with one attached hydrogen (secondary N) is 3. The van der Waals surface area contributed by atoms with Gasteiger partial charge in [0, 0.05) is 11.5 Å². The molecule has 8 heteroatoms. The summed E-state index contributed by atoms with van der Waals surface area (Å²) >= 11 is 1.93. The highest BCUT2D eigenvalue weighted by Crippen LogP contribution is 2.29. The smallest absolute Gasteiger partial charge is 0.338 e. The van der Waals surface area contributed by atoms with Crippen molar-refractivity contribution in [2.24, 2.45) is 0 Å². The molecule has 1 saturated heterocycles. The van der Waals surface area contributed by atoms with E-state index in [9.17, 15) is 9.59 Å². The summed E-state index contributed by atoms with van der Waals surface area (Å²) in [5.41, 5.74) is 1.86. The average molecular weight is 378 g/mol. The van der Waals surface area contributed by atoms with E-state index in [0.29, 0.717) is 23.6 Å². The van der Waals surface area contributed by atoms with Gasteiger partial charge in [-0.1, -0.05) is 12.1 Å². The Labute approximate surface area is 157 Å². The van der Waals surface area contributed by atoms with Crippen molar-refractivity contribution in [3.05, 3.63) is 41.1 Å². The van der Waals surface area contributed by atoms with Crippen LogP contribution in [-0.4, -0.2) is 57.4 Å². The lowest BCUT2D eigenvalue weighted by atomic mass is 9.94. The molecular weight excluding hydrogens is 354 g/mol. The van der Waals surface area contributed by atoms with Gasteiger partial charge in [0.05, 0.1) is 44.6 Å². The SMILES string of the molecule is COC(=O)C1=C(C[NH+]2CCSCC2)NC(=O)N[C@@H]1c1cccc(OC)c1. The van der Waals surface area contributed by atoms with E-state index in [4.69, 9.17) is 9.47 Å². The van der Waals surface area contributed by atoms with Gasteiger partial charge in [0.25, 0.3) is 0 Å². The number of ether oxygens (including phenoxy) is 2. The summed E-state index contributed by atoms with van der Waals surface area (Å²) in [5, 5.41) is 5.67. The number of hydrogen-bond donors (Lipinski definition) is 3. The summed E-state index contributed by atoms with van der Waals surface area (Å²) in [5.74, 6) is 2.40. The number of thioether (sulfide) groups is 1. The van der Waals surface area contributed by atoms with Gasteiger partial charge < -0.3 is 25.0 Å². The lowest BCUT2D eigenvalue weighted by Crippen LogP contribution is -3.14. The number of carbonyl (C=O) groups excluding carboxylic acids is 2. The average Bonchev–Trinajstić information content (AvgIpc) is 2.68. The molecule has 3 N–H and O–H groups in total. The first-order chi connectivity index (χ1) is 12.6. The molecule has 0 unspecified atom stereocenters. The first-order valence-electron chi connectivity index (χ1n) is 8.56. The molecule has 2 heterocycles. The Kier molecular flexibility index (Phi) is 6.05. The maximum atomic E-state index is 12.5. The van der Waals surface area contributed by atoms with Crippen molar-refractivity contribution in [1.29, 1.82) is 0 Å². The molecule has 3 rings (SSSR count). The summed E-state index contributed by atoms with van der Waals surface area (Å²) < 4.78 is 10.3. The van der Waals surface area contributed by atoms with Crippen molar-refractivity contribution >= 4 is 23.8 Å². The van der Waals surface area contributed by atoms with Gasteiger partial charge >= 0.3 is 12.0 Å². The van der Waals surface area contributed by atoms with Crippen molar-refractivity contribution < 1.29 is 24.0 Å². The first-order valence-corrected chi connectivity index (χ1v) is 9.72. The summed E-state index contributed by atoms with van der Waals surface area (Å²) in [6.45, 7) is 2.62. The maximum absolute atomic E-state index is 12.5. The van der Waals surface area contributed by atoms with E-state index in [0.717, 1.165) is 30.2 Å². The third kappa shape index (κ3) is 4.13. The lowest BCUT2D eigenvalue weighted by Gasteiger charge is -2.31. The van der Waals surface area contributed by atoms with Crippen LogP contribution >= 0.6 is 11.8 Å². The largest absolute Gasteiger partial charge is 0.497 e. The van der Waals surface area contributed by atoms with Crippen LogP contribution < -0.4 is 20.3 Å². The van der Waals surface area contributed by atoms with Crippen LogP contribution in [0.3, 0.4) is 0 Å². The van der Waals surface area contributed by atoms with Crippen LogP contribution in [0.25, 0.3) is 0 Å². The Morgan fingerprint density at radius 2 is 2.08 bits per heavy atom. The zero-order chi connectivity index (χ0) is 18.5. The van der Waals surface area contributed by atoms with Gasteiger partial charge in [0.2, 0.25) is 0 Å². The molecule has 2 aliphatic rings. The fraction of sp³-hybridized carbons (Fsp3) is 0.444. The number of urea groups is 1. The molecule has 2 amide bonds. The Bertz CT molecular complexity index is 716. The number of carbonyl (C=O) groups is 2. The van der Waals surface area contributed by atoms with E-state index in [1.165, 1.54) is 12.0 Å². The van der Waals surface area contributed by atoms with E-state index in [1.54, 1.807) is 7.11 Å². The number of amides is 2. The lowest BCUT2D eigenvalue weighted by molar-refractivity contribution is -0.891. The second kappa shape index (κ2) is 8.46. The topological polar surface area (TPSA) is 81.1 Å². The second-order valence-electron chi connectivity index (χ2n) is 6.23. The number of rotatable bonds is 5. The molecule has 2 aliphatic heterocycles. The molecule has 7 nitrogen and oxygen atoms in total. The summed E-state index contributed by atoms with van der Waals surface area (Å²) in [7, 11) is 2.94.